The maximum atomic E-state index is 9.46. The lowest BCUT2D eigenvalue weighted by Gasteiger charge is -2.30. The number of likely N-dealkylation sites (tertiary alicyclic amines) is 1. The number of aliphatic hydroxyl groups is 1. The van der Waals surface area contributed by atoms with E-state index in [0.717, 1.165) is 39.1 Å². The second-order valence-corrected chi connectivity index (χ2v) is 5.06. The first-order chi connectivity index (χ1) is 6.47. The van der Waals surface area contributed by atoms with Crippen molar-refractivity contribution in [1.29, 1.82) is 0 Å². The molecule has 0 aromatic carbocycles. The van der Waals surface area contributed by atoms with Gasteiger partial charge in [-0.15, -0.1) is 0 Å². The molecule has 1 N–H and O–H groups in total. The summed E-state index contributed by atoms with van der Waals surface area (Å²) in [6, 6.07) is 0. The minimum atomic E-state index is -0.126. The summed E-state index contributed by atoms with van der Waals surface area (Å²) in [4.78, 5) is 2.28. The van der Waals surface area contributed by atoms with Gasteiger partial charge in [0.25, 0.3) is 0 Å². The highest BCUT2D eigenvalue weighted by Crippen LogP contribution is 2.10. The highest BCUT2D eigenvalue weighted by Gasteiger charge is 2.18. The molecule has 1 unspecified atom stereocenters. The molecule has 1 heterocycles. The van der Waals surface area contributed by atoms with Gasteiger partial charge in [0.05, 0.1) is 18.3 Å². The highest BCUT2D eigenvalue weighted by atomic mass is 16.5. The Morgan fingerprint density at radius 1 is 1.43 bits per heavy atom. The second-order valence-electron chi connectivity index (χ2n) is 5.06. The largest absolute Gasteiger partial charge is 0.392 e. The maximum absolute atomic E-state index is 9.46. The third-order valence-corrected chi connectivity index (χ3v) is 2.42. The molecule has 1 rings (SSSR count). The van der Waals surface area contributed by atoms with Gasteiger partial charge in [0, 0.05) is 13.1 Å². The van der Waals surface area contributed by atoms with Crippen LogP contribution in [0.1, 0.15) is 33.6 Å². The molecule has 0 amide bonds. The van der Waals surface area contributed by atoms with Crippen molar-refractivity contribution >= 4 is 0 Å². The third kappa shape index (κ3) is 4.94. The lowest BCUT2D eigenvalue weighted by atomic mass is 10.1. The van der Waals surface area contributed by atoms with Gasteiger partial charge < -0.3 is 9.84 Å². The molecule has 1 aliphatic rings. The van der Waals surface area contributed by atoms with E-state index in [0.29, 0.717) is 0 Å². The predicted molar refractivity (Wildman–Crippen MR) is 57.4 cm³/mol. The minimum Gasteiger partial charge on any atom is -0.392 e. The highest BCUT2D eigenvalue weighted by molar-refractivity contribution is 4.71. The summed E-state index contributed by atoms with van der Waals surface area (Å²) >= 11 is 0. The van der Waals surface area contributed by atoms with Gasteiger partial charge in [-0.05, 0) is 40.2 Å². The predicted octanol–water partition coefficient (Wildman–Crippen LogP) is 1.26. The Hall–Kier alpha value is -0.120. The van der Waals surface area contributed by atoms with E-state index in [-0.39, 0.29) is 11.7 Å². The first-order valence-corrected chi connectivity index (χ1v) is 5.52. The molecule has 0 bridgehead atoms. The Morgan fingerprint density at radius 2 is 2.14 bits per heavy atom. The molecule has 0 spiro atoms. The lowest BCUT2D eigenvalue weighted by Crippen LogP contribution is -2.40. The molecule has 3 nitrogen and oxygen atoms in total. The van der Waals surface area contributed by atoms with Crippen molar-refractivity contribution in [2.24, 2.45) is 0 Å². The van der Waals surface area contributed by atoms with Crippen LogP contribution in [0.3, 0.4) is 0 Å². The zero-order valence-electron chi connectivity index (χ0n) is 9.62. The number of ether oxygens (including phenoxy) is 1. The van der Waals surface area contributed by atoms with E-state index in [1.165, 1.54) is 0 Å². The number of nitrogens with zero attached hydrogens (tertiary/aromatic N) is 1. The standard InChI is InChI=1S/C11H23NO2/c1-11(2,3)14-8-7-12-6-4-5-10(13)9-12/h10,13H,4-9H2,1-3H3. The summed E-state index contributed by atoms with van der Waals surface area (Å²) < 4.78 is 5.64. The summed E-state index contributed by atoms with van der Waals surface area (Å²) in [5, 5.41) is 9.46. The zero-order chi connectivity index (χ0) is 10.6. The molecule has 1 aliphatic heterocycles. The van der Waals surface area contributed by atoms with Gasteiger partial charge in [-0.2, -0.15) is 0 Å². The lowest BCUT2D eigenvalue weighted by molar-refractivity contribution is -0.0224. The van der Waals surface area contributed by atoms with Crippen LogP contribution in [0.25, 0.3) is 0 Å². The molecule has 14 heavy (non-hydrogen) atoms. The average Bonchev–Trinajstić information content (AvgIpc) is 2.01. The van der Waals surface area contributed by atoms with Gasteiger partial charge in [0.2, 0.25) is 0 Å². The molecule has 0 aliphatic carbocycles. The normalized spacial score (nSPS) is 25.3. The van der Waals surface area contributed by atoms with Crippen LogP contribution < -0.4 is 0 Å². The van der Waals surface area contributed by atoms with Crippen molar-refractivity contribution in [3.63, 3.8) is 0 Å². The summed E-state index contributed by atoms with van der Waals surface area (Å²) in [5.41, 5.74) is -0.0472. The SMILES string of the molecule is CC(C)(C)OCCN1CCCC(O)C1. The Labute approximate surface area is 87.1 Å². The van der Waals surface area contributed by atoms with Crippen LogP contribution in [0.15, 0.2) is 0 Å². The van der Waals surface area contributed by atoms with Crippen molar-refractivity contribution in [1.82, 2.24) is 4.90 Å². The molecule has 84 valence electrons. The molecule has 3 heteroatoms. The summed E-state index contributed by atoms with van der Waals surface area (Å²) in [6.45, 7) is 9.82. The first kappa shape index (κ1) is 12.0. The van der Waals surface area contributed by atoms with E-state index in [1.807, 2.05) is 0 Å². The maximum Gasteiger partial charge on any atom is 0.0667 e. The molecule has 1 saturated heterocycles. The number of piperidine rings is 1. The van der Waals surface area contributed by atoms with Gasteiger partial charge in [0.1, 0.15) is 0 Å². The van der Waals surface area contributed by atoms with Crippen LogP contribution in [0, 0.1) is 0 Å². The van der Waals surface area contributed by atoms with Crippen molar-refractivity contribution in [2.75, 3.05) is 26.2 Å². The quantitative estimate of drug-likeness (QED) is 0.746. The Morgan fingerprint density at radius 3 is 2.71 bits per heavy atom. The van der Waals surface area contributed by atoms with Crippen LogP contribution in [-0.2, 0) is 4.74 Å². The Bertz CT molecular complexity index is 165. The summed E-state index contributed by atoms with van der Waals surface area (Å²) in [5.74, 6) is 0. The van der Waals surface area contributed by atoms with E-state index in [2.05, 4.69) is 25.7 Å². The van der Waals surface area contributed by atoms with Gasteiger partial charge in [-0.25, -0.2) is 0 Å². The van der Waals surface area contributed by atoms with Crippen LogP contribution in [-0.4, -0.2) is 48.0 Å². The molecule has 0 radical (unpaired) electrons. The summed E-state index contributed by atoms with van der Waals surface area (Å²) in [7, 11) is 0. The van der Waals surface area contributed by atoms with Crippen molar-refractivity contribution in [2.45, 2.75) is 45.3 Å². The van der Waals surface area contributed by atoms with Crippen molar-refractivity contribution < 1.29 is 9.84 Å². The number of β-amino-alcohol motifs (C(OH)–C–C–N with tert-alkyl or cyclic N) is 1. The smallest absolute Gasteiger partial charge is 0.0667 e. The van der Waals surface area contributed by atoms with E-state index in [4.69, 9.17) is 4.74 Å². The van der Waals surface area contributed by atoms with Crippen LogP contribution in [0.5, 0.6) is 0 Å². The van der Waals surface area contributed by atoms with Crippen molar-refractivity contribution in [3.8, 4) is 0 Å². The molecule has 0 aromatic heterocycles. The van der Waals surface area contributed by atoms with E-state index >= 15 is 0 Å². The zero-order valence-corrected chi connectivity index (χ0v) is 9.62. The Balaban J connectivity index is 2.12. The fourth-order valence-corrected chi connectivity index (χ4v) is 1.72. The van der Waals surface area contributed by atoms with Crippen molar-refractivity contribution in [3.05, 3.63) is 0 Å². The number of hydrogen-bond donors (Lipinski definition) is 1. The third-order valence-electron chi connectivity index (χ3n) is 2.42. The molecule has 1 atom stereocenters. The molecule has 0 aromatic rings. The molecule has 0 saturated carbocycles. The molecular formula is C11H23NO2. The van der Waals surface area contributed by atoms with Gasteiger partial charge >= 0.3 is 0 Å². The average molecular weight is 201 g/mol. The van der Waals surface area contributed by atoms with Gasteiger partial charge in [0.15, 0.2) is 0 Å². The minimum absolute atomic E-state index is 0.0472. The number of aliphatic hydroxyl groups excluding tert-OH is 1. The molecule has 1 fully saturated rings. The van der Waals surface area contributed by atoms with Gasteiger partial charge in [-0.1, -0.05) is 0 Å². The number of hydrogen-bond acceptors (Lipinski definition) is 3. The van der Waals surface area contributed by atoms with Crippen LogP contribution in [0.4, 0.5) is 0 Å². The van der Waals surface area contributed by atoms with E-state index in [1.54, 1.807) is 0 Å². The number of rotatable bonds is 3. The fourth-order valence-electron chi connectivity index (χ4n) is 1.72. The van der Waals surface area contributed by atoms with E-state index in [9.17, 15) is 5.11 Å². The summed E-state index contributed by atoms with van der Waals surface area (Å²) in [6.07, 6.45) is 1.94. The first-order valence-electron chi connectivity index (χ1n) is 5.52. The molecular weight excluding hydrogens is 178 g/mol. The van der Waals surface area contributed by atoms with E-state index < -0.39 is 0 Å². The fraction of sp³-hybridized carbons (Fsp3) is 1.00. The second kappa shape index (κ2) is 5.10. The topological polar surface area (TPSA) is 32.7 Å². The van der Waals surface area contributed by atoms with Gasteiger partial charge in [-0.3, -0.25) is 4.90 Å². The monoisotopic (exact) mass is 201 g/mol. The Kier molecular flexibility index (Phi) is 4.35. The van der Waals surface area contributed by atoms with Crippen LogP contribution >= 0.6 is 0 Å². The van der Waals surface area contributed by atoms with Crippen LogP contribution in [0.2, 0.25) is 0 Å².